The van der Waals surface area contributed by atoms with E-state index >= 15 is 0 Å². The lowest BCUT2D eigenvalue weighted by molar-refractivity contribution is 0.207. The summed E-state index contributed by atoms with van der Waals surface area (Å²) in [5, 5.41) is 0.687. The molecule has 18 heavy (non-hydrogen) atoms. The largest absolute Gasteiger partial charge is 0.375 e. The molecule has 0 radical (unpaired) electrons. The Labute approximate surface area is 114 Å². The van der Waals surface area contributed by atoms with Gasteiger partial charge in [0, 0.05) is 17.6 Å². The average Bonchev–Trinajstić information content (AvgIpc) is 2.53. The van der Waals surface area contributed by atoms with E-state index < -0.39 is 0 Å². The highest BCUT2D eigenvalue weighted by molar-refractivity contribution is 7.15. The molecule has 1 saturated heterocycles. The van der Waals surface area contributed by atoms with E-state index in [-0.39, 0.29) is 0 Å². The maximum atomic E-state index is 5.68. The Balaban J connectivity index is 1.89. The predicted octanol–water partition coefficient (Wildman–Crippen LogP) is 3.37. The molecule has 3 nitrogen and oxygen atoms in total. The molecule has 1 unspecified atom stereocenters. The van der Waals surface area contributed by atoms with Crippen molar-refractivity contribution in [1.29, 1.82) is 0 Å². The monoisotopic (exact) mass is 267 g/mol. The van der Waals surface area contributed by atoms with Gasteiger partial charge in [0.15, 0.2) is 5.13 Å². The zero-order valence-corrected chi connectivity index (χ0v) is 12.6. The number of likely N-dealkylation sites (tertiary alicyclic amines) is 1. The van der Waals surface area contributed by atoms with E-state index in [1.54, 1.807) is 11.3 Å². The van der Waals surface area contributed by atoms with Crippen LogP contribution in [-0.2, 0) is 6.54 Å². The zero-order valence-electron chi connectivity index (χ0n) is 11.8. The first-order valence-electron chi connectivity index (χ1n) is 6.87. The number of rotatable bonds is 2. The average molecular weight is 267 g/mol. The van der Waals surface area contributed by atoms with Gasteiger partial charge in [-0.15, -0.1) is 11.3 Å². The molecule has 1 aliphatic rings. The van der Waals surface area contributed by atoms with Crippen molar-refractivity contribution >= 4 is 16.5 Å². The molecule has 1 aliphatic heterocycles. The Hall–Kier alpha value is -0.610. The van der Waals surface area contributed by atoms with E-state index in [4.69, 9.17) is 5.73 Å². The molecule has 0 saturated carbocycles. The van der Waals surface area contributed by atoms with Gasteiger partial charge < -0.3 is 5.73 Å². The van der Waals surface area contributed by atoms with Crippen LogP contribution in [0.2, 0.25) is 0 Å². The second-order valence-electron chi connectivity index (χ2n) is 6.43. The van der Waals surface area contributed by atoms with Crippen LogP contribution in [0.15, 0.2) is 6.20 Å². The summed E-state index contributed by atoms with van der Waals surface area (Å²) < 4.78 is 0. The van der Waals surface area contributed by atoms with E-state index in [9.17, 15) is 0 Å². The van der Waals surface area contributed by atoms with Gasteiger partial charge in [-0.3, -0.25) is 4.90 Å². The third-order valence-corrected chi connectivity index (χ3v) is 4.81. The van der Waals surface area contributed by atoms with Gasteiger partial charge in [-0.2, -0.15) is 0 Å². The van der Waals surface area contributed by atoms with Crippen molar-refractivity contribution in [3.8, 4) is 0 Å². The quantitative estimate of drug-likeness (QED) is 0.893. The summed E-state index contributed by atoms with van der Waals surface area (Å²) in [7, 11) is 0. The van der Waals surface area contributed by atoms with Crippen molar-refractivity contribution < 1.29 is 0 Å². The molecule has 1 aromatic heterocycles. The number of nitrogen functional groups attached to an aromatic ring is 1. The molecule has 1 aromatic rings. The van der Waals surface area contributed by atoms with Crippen LogP contribution in [0.3, 0.4) is 0 Å². The predicted molar refractivity (Wildman–Crippen MR) is 78.6 cm³/mol. The van der Waals surface area contributed by atoms with Gasteiger partial charge in [0.1, 0.15) is 0 Å². The summed E-state index contributed by atoms with van der Waals surface area (Å²) in [6.07, 6.45) is 5.92. The first-order chi connectivity index (χ1) is 8.45. The summed E-state index contributed by atoms with van der Waals surface area (Å²) >= 11 is 1.62. The summed E-state index contributed by atoms with van der Waals surface area (Å²) in [4.78, 5) is 7.98. The van der Waals surface area contributed by atoms with Crippen LogP contribution in [0, 0.1) is 11.3 Å². The molecule has 2 rings (SSSR count). The van der Waals surface area contributed by atoms with Gasteiger partial charge in [0.25, 0.3) is 0 Å². The molecule has 0 aromatic carbocycles. The Bertz CT molecular complexity index is 381. The smallest absolute Gasteiger partial charge is 0.180 e. The molecular weight excluding hydrogens is 242 g/mol. The molecular formula is C14H25N3S. The molecule has 2 heterocycles. The van der Waals surface area contributed by atoms with E-state index in [1.165, 1.54) is 37.2 Å². The number of hydrogen-bond acceptors (Lipinski definition) is 4. The van der Waals surface area contributed by atoms with Crippen LogP contribution in [0.4, 0.5) is 5.13 Å². The Kier molecular flexibility index (Phi) is 4.28. The summed E-state index contributed by atoms with van der Waals surface area (Å²) in [6, 6.07) is 0. The maximum Gasteiger partial charge on any atom is 0.180 e. The van der Waals surface area contributed by atoms with Gasteiger partial charge in [0.2, 0.25) is 0 Å². The van der Waals surface area contributed by atoms with Crippen molar-refractivity contribution in [2.45, 2.75) is 46.6 Å². The molecule has 1 atom stereocenters. The number of nitrogens with zero attached hydrogens (tertiary/aromatic N) is 2. The number of anilines is 1. The molecule has 0 spiro atoms. The lowest BCUT2D eigenvalue weighted by Gasteiger charge is -2.29. The second kappa shape index (κ2) is 5.57. The van der Waals surface area contributed by atoms with Crippen molar-refractivity contribution in [3.63, 3.8) is 0 Å². The minimum Gasteiger partial charge on any atom is -0.375 e. The molecule has 2 N–H and O–H groups in total. The number of hydrogen-bond donors (Lipinski definition) is 1. The molecule has 4 heteroatoms. The number of aromatic nitrogens is 1. The first kappa shape index (κ1) is 13.8. The van der Waals surface area contributed by atoms with Crippen LogP contribution in [0.5, 0.6) is 0 Å². The van der Waals surface area contributed by atoms with E-state index in [2.05, 4.69) is 30.7 Å². The highest BCUT2D eigenvalue weighted by Crippen LogP contribution is 2.34. The van der Waals surface area contributed by atoms with E-state index in [1.807, 2.05) is 6.20 Å². The molecule has 0 aliphatic carbocycles. The van der Waals surface area contributed by atoms with Crippen LogP contribution >= 0.6 is 11.3 Å². The van der Waals surface area contributed by atoms with Crippen molar-refractivity contribution in [1.82, 2.24) is 9.88 Å². The van der Waals surface area contributed by atoms with Gasteiger partial charge in [-0.1, -0.05) is 20.8 Å². The SMILES string of the molecule is CC(C)(C)C1CCCN(Cc2cnc(N)s2)CC1. The van der Waals surface area contributed by atoms with Crippen molar-refractivity contribution in [2.24, 2.45) is 11.3 Å². The standard InChI is InChI=1S/C14H25N3S/c1-14(2,3)11-5-4-7-17(8-6-11)10-12-9-16-13(15)18-12/h9,11H,4-8,10H2,1-3H3,(H2,15,16). The highest BCUT2D eigenvalue weighted by atomic mass is 32.1. The van der Waals surface area contributed by atoms with Crippen LogP contribution in [0.1, 0.15) is 44.9 Å². The number of thiazole rings is 1. The van der Waals surface area contributed by atoms with Crippen LogP contribution in [-0.4, -0.2) is 23.0 Å². The van der Waals surface area contributed by atoms with Crippen LogP contribution in [0.25, 0.3) is 0 Å². The van der Waals surface area contributed by atoms with Gasteiger partial charge in [0.05, 0.1) is 0 Å². The minimum atomic E-state index is 0.449. The topological polar surface area (TPSA) is 42.2 Å². The molecule has 0 amide bonds. The Morgan fingerprint density at radius 1 is 1.39 bits per heavy atom. The number of nitrogens with two attached hydrogens (primary N) is 1. The summed E-state index contributed by atoms with van der Waals surface area (Å²) in [5.74, 6) is 0.856. The maximum absolute atomic E-state index is 5.68. The van der Waals surface area contributed by atoms with Gasteiger partial charge in [-0.25, -0.2) is 4.98 Å². The lowest BCUT2D eigenvalue weighted by atomic mass is 9.77. The third-order valence-electron chi connectivity index (χ3n) is 4.00. The third kappa shape index (κ3) is 3.69. The van der Waals surface area contributed by atoms with E-state index in [0.29, 0.717) is 10.5 Å². The first-order valence-corrected chi connectivity index (χ1v) is 7.69. The highest BCUT2D eigenvalue weighted by Gasteiger charge is 2.27. The summed E-state index contributed by atoms with van der Waals surface area (Å²) in [6.45, 7) is 10.6. The summed E-state index contributed by atoms with van der Waals surface area (Å²) in [5.41, 5.74) is 6.13. The van der Waals surface area contributed by atoms with Crippen molar-refractivity contribution in [3.05, 3.63) is 11.1 Å². The van der Waals surface area contributed by atoms with E-state index in [0.717, 1.165) is 12.5 Å². The fourth-order valence-corrected chi connectivity index (χ4v) is 3.52. The lowest BCUT2D eigenvalue weighted by Crippen LogP contribution is -2.25. The zero-order chi connectivity index (χ0) is 13.2. The van der Waals surface area contributed by atoms with Crippen molar-refractivity contribution in [2.75, 3.05) is 18.8 Å². The van der Waals surface area contributed by atoms with Gasteiger partial charge in [-0.05, 0) is 43.7 Å². The Morgan fingerprint density at radius 2 is 2.17 bits per heavy atom. The molecule has 0 bridgehead atoms. The fourth-order valence-electron chi connectivity index (χ4n) is 2.80. The Morgan fingerprint density at radius 3 is 2.78 bits per heavy atom. The minimum absolute atomic E-state index is 0.449. The second-order valence-corrected chi connectivity index (χ2v) is 7.58. The molecule has 1 fully saturated rings. The normalized spacial score (nSPS) is 22.9. The van der Waals surface area contributed by atoms with Gasteiger partial charge >= 0.3 is 0 Å². The fraction of sp³-hybridized carbons (Fsp3) is 0.786. The molecule has 102 valence electrons. The van der Waals surface area contributed by atoms with Crippen LogP contribution < -0.4 is 5.73 Å².